The maximum Gasteiger partial charge on any atom is 0.416 e. The van der Waals surface area contributed by atoms with Crippen molar-refractivity contribution >= 4 is 27.5 Å². The van der Waals surface area contributed by atoms with Gasteiger partial charge >= 0.3 is 6.18 Å². The van der Waals surface area contributed by atoms with Crippen LogP contribution < -0.4 is 10.6 Å². The predicted molar refractivity (Wildman–Crippen MR) is 75.5 cm³/mol. The first kappa shape index (κ1) is 16.8. The number of rotatable bonds is 5. The molecule has 0 bridgehead atoms. The van der Waals surface area contributed by atoms with Crippen LogP contribution in [-0.4, -0.2) is 19.0 Å². The third kappa shape index (κ3) is 5.81. The zero-order valence-electron chi connectivity index (χ0n) is 11.1. The van der Waals surface area contributed by atoms with Crippen LogP contribution in [0.5, 0.6) is 0 Å². The van der Waals surface area contributed by atoms with Crippen LogP contribution in [0.3, 0.4) is 0 Å². The van der Waals surface area contributed by atoms with E-state index in [1.165, 1.54) is 6.07 Å². The molecule has 0 aliphatic rings. The molecular weight excluding hydrogens is 337 g/mol. The molecule has 1 rings (SSSR count). The van der Waals surface area contributed by atoms with E-state index >= 15 is 0 Å². The van der Waals surface area contributed by atoms with Crippen molar-refractivity contribution in [3.8, 4) is 0 Å². The van der Waals surface area contributed by atoms with Crippen molar-refractivity contribution in [2.45, 2.75) is 20.0 Å². The number of anilines is 1. The topological polar surface area (TPSA) is 41.1 Å². The molecule has 0 aliphatic carbocycles. The lowest BCUT2D eigenvalue weighted by Gasteiger charge is -2.12. The Hall–Kier alpha value is -1.24. The minimum atomic E-state index is -4.42. The molecule has 0 saturated carbocycles. The lowest BCUT2D eigenvalue weighted by Crippen LogP contribution is -2.32. The average molecular weight is 353 g/mol. The zero-order valence-corrected chi connectivity index (χ0v) is 12.7. The third-order valence-electron chi connectivity index (χ3n) is 2.39. The van der Waals surface area contributed by atoms with Gasteiger partial charge in [-0.3, -0.25) is 4.79 Å². The van der Waals surface area contributed by atoms with E-state index in [-0.39, 0.29) is 18.1 Å². The maximum atomic E-state index is 12.6. The van der Waals surface area contributed by atoms with Crippen LogP contribution in [0.1, 0.15) is 19.4 Å². The fourth-order valence-corrected chi connectivity index (χ4v) is 1.91. The Labute approximate surface area is 124 Å². The molecular formula is C13H16BrF3N2O. The van der Waals surface area contributed by atoms with Gasteiger partial charge in [-0.1, -0.05) is 29.8 Å². The summed E-state index contributed by atoms with van der Waals surface area (Å²) in [5.74, 6) is 0.0638. The molecule has 0 heterocycles. The molecule has 0 fully saturated rings. The molecule has 0 spiro atoms. The number of carbonyl (C=O) groups excluding carboxylic acids is 1. The van der Waals surface area contributed by atoms with Crippen molar-refractivity contribution in [1.82, 2.24) is 5.32 Å². The molecule has 3 nitrogen and oxygen atoms in total. The first-order chi connectivity index (χ1) is 9.18. The molecule has 0 aliphatic heterocycles. The number of halogens is 4. The molecule has 1 aromatic carbocycles. The number of carbonyl (C=O) groups is 1. The van der Waals surface area contributed by atoms with Crippen molar-refractivity contribution in [2.24, 2.45) is 5.92 Å². The Kier molecular flexibility index (Phi) is 5.86. The summed E-state index contributed by atoms with van der Waals surface area (Å²) in [4.78, 5) is 11.5. The van der Waals surface area contributed by atoms with E-state index in [2.05, 4.69) is 26.6 Å². The minimum Gasteiger partial charge on any atom is -0.376 e. The highest BCUT2D eigenvalue weighted by Gasteiger charge is 2.31. The normalized spacial score (nSPS) is 11.6. The van der Waals surface area contributed by atoms with E-state index in [0.717, 1.165) is 12.1 Å². The first-order valence-electron chi connectivity index (χ1n) is 6.07. The molecule has 2 N–H and O–H groups in total. The Bertz CT molecular complexity index is 475. The van der Waals surface area contributed by atoms with Crippen LogP contribution in [0.4, 0.5) is 18.9 Å². The maximum absolute atomic E-state index is 12.6. The minimum absolute atomic E-state index is 0.0690. The summed E-state index contributed by atoms with van der Waals surface area (Å²) in [6.07, 6.45) is -4.42. The summed E-state index contributed by atoms with van der Waals surface area (Å²) in [5, 5.41) is 5.36. The van der Waals surface area contributed by atoms with Gasteiger partial charge < -0.3 is 10.6 Å². The summed E-state index contributed by atoms with van der Waals surface area (Å²) in [5.41, 5.74) is -0.525. The second kappa shape index (κ2) is 6.97. The van der Waals surface area contributed by atoms with Crippen molar-refractivity contribution < 1.29 is 18.0 Å². The van der Waals surface area contributed by atoms with Crippen LogP contribution in [-0.2, 0) is 11.0 Å². The zero-order chi connectivity index (χ0) is 15.3. The van der Waals surface area contributed by atoms with Gasteiger partial charge in [0.15, 0.2) is 0 Å². The summed E-state index contributed by atoms with van der Waals surface area (Å²) in [6.45, 7) is 4.38. The fourth-order valence-electron chi connectivity index (χ4n) is 1.42. The van der Waals surface area contributed by atoms with E-state index in [4.69, 9.17) is 0 Å². The molecule has 0 atom stereocenters. The molecule has 112 valence electrons. The SMILES string of the molecule is CC(C)CNC(=O)CNc1cc(Br)cc(C(F)(F)F)c1. The molecule has 20 heavy (non-hydrogen) atoms. The van der Waals surface area contributed by atoms with Gasteiger partial charge in [-0.05, 0) is 24.1 Å². The first-order valence-corrected chi connectivity index (χ1v) is 6.86. The lowest BCUT2D eigenvalue weighted by molar-refractivity contribution is -0.137. The summed E-state index contributed by atoms with van der Waals surface area (Å²) < 4.78 is 38.2. The largest absolute Gasteiger partial charge is 0.416 e. The van der Waals surface area contributed by atoms with Crippen LogP contribution in [0, 0.1) is 5.92 Å². The van der Waals surface area contributed by atoms with Crippen LogP contribution in [0.2, 0.25) is 0 Å². The molecule has 0 unspecified atom stereocenters. The smallest absolute Gasteiger partial charge is 0.376 e. The summed E-state index contributed by atoms with van der Waals surface area (Å²) in [6, 6.07) is 3.45. The van der Waals surface area contributed by atoms with Crippen molar-refractivity contribution in [3.05, 3.63) is 28.2 Å². The Morgan fingerprint density at radius 2 is 1.95 bits per heavy atom. The van der Waals surface area contributed by atoms with E-state index in [0.29, 0.717) is 16.9 Å². The number of benzene rings is 1. The van der Waals surface area contributed by atoms with Crippen LogP contribution in [0.15, 0.2) is 22.7 Å². The molecule has 0 aromatic heterocycles. The Morgan fingerprint density at radius 3 is 2.50 bits per heavy atom. The van der Waals surface area contributed by atoms with Gasteiger partial charge in [0.25, 0.3) is 0 Å². The number of amides is 1. The van der Waals surface area contributed by atoms with E-state index in [1.54, 1.807) is 0 Å². The molecule has 1 amide bonds. The second-order valence-corrected chi connectivity index (χ2v) is 5.69. The Balaban J connectivity index is 2.64. The molecule has 0 radical (unpaired) electrons. The van der Waals surface area contributed by atoms with Crippen molar-refractivity contribution in [1.29, 1.82) is 0 Å². The van der Waals surface area contributed by atoms with Gasteiger partial charge in [-0.15, -0.1) is 0 Å². The van der Waals surface area contributed by atoms with Crippen LogP contribution >= 0.6 is 15.9 Å². The average Bonchev–Trinajstić information content (AvgIpc) is 2.32. The quantitative estimate of drug-likeness (QED) is 0.849. The lowest BCUT2D eigenvalue weighted by atomic mass is 10.2. The monoisotopic (exact) mass is 352 g/mol. The Morgan fingerprint density at radius 1 is 1.30 bits per heavy atom. The molecule has 7 heteroatoms. The van der Waals surface area contributed by atoms with Gasteiger partial charge in [-0.2, -0.15) is 13.2 Å². The van der Waals surface area contributed by atoms with E-state index in [1.807, 2.05) is 13.8 Å². The summed E-state index contributed by atoms with van der Waals surface area (Å²) in [7, 11) is 0. The van der Waals surface area contributed by atoms with Gasteiger partial charge in [0, 0.05) is 16.7 Å². The second-order valence-electron chi connectivity index (χ2n) is 4.78. The van der Waals surface area contributed by atoms with Gasteiger partial charge in [0.2, 0.25) is 5.91 Å². The van der Waals surface area contributed by atoms with E-state index in [9.17, 15) is 18.0 Å². The highest BCUT2D eigenvalue weighted by molar-refractivity contribution is 9.10. The number of nitrogens with one attached hydrogen (secondary N) is 2. The van der Waals surface area contributed by atoms with Crippen molar-refractivity contribution in [2.75, 3.05) is 18.4 Å². The van der Waals surface area contributed by atoms with Gasteiger partial charge in [-0.25, -0.2) is 0 Å². The third-order valence-corrected chi connectivity index (χ3v) is 2.84. The van der Waals surface area contributed by atoms with Crippen molar-refractivity contribution in [3.63, 3.8) is 0 Å². The summed E-state index contributed by atoms with van der Waals surface area (Å²) >= 11 is 3.02. The standard InChI is InChI=1S/C13H16BrF3N2O/c1-8(2)6-19-12(20)7-18-11-4-9(13(15,16)17)3-10(14)5-11/h3-5,8,18H,6-7H2,1-2H3,(H,19,20). The number of hydrogen-bond donors (Lipinski definition) is 2. The van der Waals surface area contributed by atoms with Gasteiger partial charge in [0.05, 0.1) is 12.1 Å². The van der Waals surface area contributed by atoms with Crippen LogP contribution in [0.25, 0.3) is 0 Å². The molecule has 0 saturated heterocycles. The highest BCUT2D eigenvalue weighted by Crippen LogP contribution is 2.33. The van der Waals surface area contributed by atoms with E-state index < -0.39 is 11.7 Å². The number of hydrogen-bond acceptors (Lipinski definition) is 2. The fraction of sp³-hybridized carbons (Fsp3) is 0.462. The van der Waals surface area contributed by atoms with Gasteiger partial charge in [0.1, 0.15) is 0 Å². The highest BCUT2D eigenvalue weighted by atomic mass is 79.9. The predicted octanol–water partition coefficient (Wildman–Crippen LogP) is 3.65. The molecule has 1 aromatic rings. The number of alkyl halides is 3.